The van der Waals surface area contributed by atoms with Crippen LogP contribution in [0.4, 0.5) is 0 Å². The van der Waals surface area contributed by atoms with Crippen molar-refractivity contribution >= 4 is 6.08 Å². The predicted molar refractivity (Wildman–Crippen MR) is 69.9 cm³/mol. The Morgan fingerprint density at radius 2 is 1.61 bits per heavy atom. The summed E-state index contributed by atoms with van der Waals surface area (Å²) in [6, 6.07) is 7.72. The lowest BCUT2D eigenvalue weighted by Gasteiger charge is -2.26. The lowest BCUT2D eigenvalue weighted by Crippen LogP contribution is -2.38. The third-order valence-corrected chi connectivity index (χ3v) is 2.90. The molecule has 1 aromatic carbocycles. The molecule has 0 aromatic heterocycles. The van der Waals surface area contributed by atoms with E-state index in [0.717, 1.165) is 11.1 Å². The molecule has 0 radical (unpaired) electrons. The number of hydrogen-bond donors (Lipinski definition) is 3. The number of benzene rings is 1. The fourth-order valence-electron chi connectivity index (χ4n) is 1.42. The van der Waals surface area contributed by atoms with Gasteiger partial charge in [-0.25, -0.2) is 0 Å². The zero-order valence-corrected chi connectivity index (χ0v) is 10.4. The summed E-state index contributed by atoms with van der Waals surface area (Å²) in [5.41, 5.74) is 1.05. The average Bonchev–Trinajstić information content (AvgIpc) is 2.45. The highest BCUT2D eigenvalue weighted by Crippen LogP contribution is 2.16. The van der Waals surface area contributed by atoms with Gasteiger partial charge in [0.25, 0.3) is 0 Å². The fourth-order valence-corrected chi connectivity index (χ4v) is 1.42. The van der Waals surface area contributed by atoms with Crippen LogP contribution in [0.3, 0.4) is 0 Å². The smallest absolute Gasteiger partial charge is 0.0717 e. The van der Waals surface area contributed by atoms with Crippen LogP contribution in [-0.4, -0.2) is 41.7 Å². The minimum atomic E-state index is -0.971. The van der Waals surface area contributed by atoms with E-state index in [1.807, 2.05) is 24.3 Å². The molecule has 0 aliphatic carbocycles. The molecule has 1 aromatic rings. The van der Waals surface area contributed by atoms with Gasteiger partial charge in [0.15, 0.2) is 0 Å². The third-order valence-electron chi connectivity index (χ3n) is 2.90. The van der Waals surface area contributed by atoms with Crippen LogP contribution in [0.25, 0.3) is 6.08 Å². The van der Waals surface area contributed by atoms with E-state index in [0.29, 0.717) is 6.61 Å². The van der Waals surface area contributed by atoms with E-state index in [-0.39, 0.29) is 26.4 Å². The summed E-state index contributed by atoms with van der Waals surface area (Å²) in [6.45, 7) is 3.23. The lowest BCUT2D eigenvalue weighted by atomic mass is 9.93. The second-order valence-electron chi connectivity index (χ2n) is 4.41. The van der Waals surface area contributed by atoms with Crippen LogP contribution in [0.15, 0.2) is 30.8 Å². The zero-order chi connectivity index (χ0) is 13.4. The lowest BCUT2D eigenvalue weighted by molar-refractivity contribution is -0.0621. The summed E-state index contributed by atoms with van der Waals surface area (Å²) >= 11 is 0. The second-order valence-corrected chi connectivity index (χ2v) is 4.41. The van der Waals surface area contributed by atoms with Crippen molar-refractivity contribution in [2.45, 2.75) is 6.61 Å². The molecule has 4 nitrogen and oxygen atoms in total. The molecule has 0 heterocycles. The summed E-state index contributed by atoms with van der Waals surface area (Å²) < 4.78 is 5.43. The first-order valence-electron chi connectivity index (χ1n) is 5.81. The highest BCUT2D eigenvalue weighted by atomic mass is 16.5. The Morgan fingerprint density at radius 3 is 2.06 bits per heavy atom. The van der Waals surface area contributed by atoms with Crippen molar-refractivity contribution in [2.75, 3.05) is 26.4 Å². The third kappa shape index (κ3) is 3.92. The van der Waals surface area contributed by atoms with Crippen LogP contribution >= 0.6 is 0 Å². The normalized spacial score (nSPS) is 11.5. The van der Waals surface area contributed by atoms with Gasteiger partial charge in [-0.1, -0.05) is 36.9 Å². The van der Waals surface area contributed by atoms with E-state index in [9.17, 15) is 0 Å². The molecule has 0 aliphatic heterocycles. The summed E-state index contributed by atoms with van der Waals surface area (Å²) in [5.74, 6) is 0. The SMILES string of the molecule is C=Cc1ccc(COCC(CO)(CO)CO)cc1. The quantitative estimate of drug-likeness (QED) is 0.640. The molecule has 0 bridgehead atoms. The highest BCUT2D eigenvalue weighted by Gasteiger charge is 2.28. The summed E-state index contributed by atoms with van der Waals surface area (Å²) in [4.78, 5) is 0. The Labute approximate surface area is 107 Å². The van der Waals surface area contributed by atoms with Crippen molar-refractivity contribution in [1.82, 2.24) is 0 Å². The first-order chi connectivity index (χ1) is 8.69. The van der Waals surface area contributed by atoms with Gasteiger partial charge in [0, 0.05) is 0 Å². The Morgan fingerprint density at radius 1 is 1.06 bits per heavy atom. The number of rotatable bonds is 8. The van der Waals surface area contributed by atoms with Gasteiger partial charge in [-0.2, -0.15) is 0 Å². The van der Waals surface area contributed by atoms with Crippen LogP contribution in [0.2, 0.25) is 0 Å². The van der Waals surface area contributed by atoms with Gasteiger partial charge in [0.1, 0.15) is 0 Å². The largest absolute Gasteiger partial charge is 0.396 e. The van der Waals surface area contributed by atoms with E-state index in [2.05, 4.69) is 6.58 Å². The van der Waals surface area contributed by atoms with Crippen LogP contribution in [0, 0.1) is 5.41 Å². The van der Waals surface area contributed by atoms with E-state index in [1.54, 1.807) is 6.08 Å². The van der Waals surface area contributed by atoms with Crippen molar-refractivity contribution in [3.63, 3.8) is 0 Å². The Hall–Kier alpha value is -1.20. The van der Waals surface area contributed by atoms with Gasteiger partial charge in [-0.15, -0.1) is 0 Å². The van der Waals surface area contributed by atoms with E-state index < -0.39 is 5.41 Å². The standard InChI is InChI=1S/C14H20O4/c1-2-12-3-5-13(6-4-12)7-18-11-14(8-15,9-16)10-17/h2-6,15-17H,1,7-11H2. The van der Waals surface area contributed by atoms with Gasteiger partial charge in [0.2, 0.25) is 0 Å². The van der Waals surface area contributed by atoms with Gasteiger partial charge in [-0.05, 0) is 11.1 Å². The maximum absolute atomic E-state index is 9.13. The molecular formula is C14H20O4. The van der Waals surface area contributed by atoms with Crippen molar-refractivity contribution in [1.29, 1.82) is 0 Å². The number of aliphatic hydroxyl groups excluding tert-OH is 3. The van der Waals surface area contributed by atoms with Crippen molar-refractivity contribution in [3.05, 3.63) is 42.0 Å². The molecule has 100 valence electrons. The maximum Gasteiger partial charge on any atom is 0.0717 e. The van der Waals surface area contributed by atoms with Gasteiger partial charge >= 0.3 is 0 Å². The minimum Gasteiger partial charge on any atom is -0.396 e. The van der Waals surface area contributed by atoms with Gasteiger partial charge < -0.3 is 20.1 Å². The Balaban J connectivity index is 2.47. The van der Waals surface area contributed by atoms with Crippen LogP contribution in [0.5, 0.6) is 0 Å². The fraction of sp³-hybridized carbons (Fsp3) is 0.429. The molecule has 0 atom stereocenters. The minimum absolute atomic E-state index is 0.111. The number of hydrogen-bond acceptors (Lipinski definition) is 4. The molecule has 0 amide bonds. The van der Waals surface area contributed by atoms with E-state index >= 15 is 0 Å². The molecule has 4 heteroatoms. The predicted octanol–water partition coefficient (Wildman–Crippen LogP) is 0.809. The van der Waals surface area contributed by atoms with Gasteiger partial charge in [0.05, 0.1) is 38.4 Å². The summed E-state index contributed by atoms with van der Waals surface area (Å²) in [7, 11) is 0. The van der Waals surface area contributed by atoms with Crippen LogP contribution in [0.1, 0.15) is 11.1 Å². The summed E-state index contributed by atoms with van der Waals surface area (Å²) in [6.07, 6.45) is 1.76. The maximum atomic E-state index is 9.13. The number of ether oxygens (including phenoxy) is 1. The topological polar surface area (TPSA) is 69.9 Å². The Kier molecular flexibility index (Phi) is 6.01. The molecular weight excluding hydrogens is 232 g/mol. The molecule has 18 heavy (non-hydrogen) atoms. The Bertz CT molecular complexity index is 346. The van der Waals surface area contributed by atoms with Crippen molar-refractivity contribution < 1.29 is 20.1 Å². The molecule has 0 saturated heterocycles. The average molecular weight is 252 g/mol. The van der Waals surface area contributed by atoms with Crippen molar-refractivity contribution in [2.24, 2.45) is 5.41 Å². The monoisotopic (exact) mass is 252 g/mol. The molecule has 1 rings (SSSR count). The number of aliphatic hydroxyl groups is 3. The van der Waals surface area contributed by atoms with Crippen LogP contribution < -0.4 is 0 Å². The van der Waals surface area contributed by atoms with Gasteiger partial charge in [-0.3, -0.25) is 0 Å². The first kappa shape index (κ1) is 14.9. The second kappa shape index (κ2) is 7.28. The molecule has 3 N–H and O–H groups in total. The molecule has 0 saturated carbocycles. The van der Waals surface area contributed by atoms with Crippen molar-refractivity contribution in [3.8, 4) is 0 Å². The molecule has 0 fully saturated rings. The molecule has 0 unspecified atom stereocenters. The summed E-state index contributed by atoms with van der Waals surface area (Å²) in [5, 5.41) is 27.4. The van der Waals surface area contributed by atoms with E-state index in [1.165, 1.54) is 0 Å². The first-order valence-corrected chi connectivity index (χ1v) is 5.81. The van der Waals surface area contributed by atoms with E-state index in [4.69, 9.17) is 20.1 Å². The molecule has 0 spiro atoms. The zero-order valence-electron chi connectivity index (χ0n) is 10.4. The highest BCUT2D eigenvalue weighted by molar-refractivity contribution is 5.47. The molecule has 0 aliphatic rings. The van der Waals surface area contributed by atoms with Crippen LogP contribution in [-0.2, 0) is 11.3 Å².